The van der Waals surface area contributed by atoms with E-state index in [0.29, 0.717) is 42.2 Å². The maximum atomic E-state index is 14.1. The highest BCUT2D eigenvalue weighted by Crippen LogP contribution is 2.42. The Hall–Kier alpha value is -4.94. The maximum absolute atomic E-state index is 14.1. The minimum Gasteiger partial charge on any atom is -0.494 e. The fourth-order valence-corrected chi connectivity index (χ4v) is 6.31. The number of aromatic nitrogens is 2. The van der Waals surface area contributed by atoms with E-state index in [9.17, 15) is 14.4 Å². The van der Waals surface area contributed by atoms with Crippen molar-refractivity contribution in [2.75, 3.05) is 64.2 Å². The van der Waals surface area contributed by atoms with Gasteiger partial charge in [-0.05, 0) is 69.1 Å². The van der Waals surface area contributed by atoms with Gasteiger partial charge in [-0.15, -0.1) is 0 Å². The molecule has 1 aliphatic heterocycles. The van der Waals surface area contributed by atoms with E-state index in [0.717, 1.165) is 73.4 Å². The van der Waals surface area contributed by atoms with Gasteiger partial charge in [0.25, 0.3) is 5.91 Å². The number of piperazine rings is 1. The van der Waals surface area contributed by atoms with Gasteiger partial charge >= 0.3 is 0 Å². The van der Waals surface area contributed by atoms with Gasteiger partial charge in [-0.1, -0.05) is 18.2 Å². The number of benzene rings is 3. The molecule has 4 aromatic rings. The van der Waals surface area contributed by atoms with Crippen molar-refractivity contribution >= 4 is 40.6 Å². The van der Waals surface area contributed by atoms with Crippen LogP contribution >= 0.6 is 0 Å². The number of hydrogen-bond acceptors (Lipinski definition) is 8. The van der Waals surface area contributed by atoms with Crippen molar-refractivity contribution in [2.45, 2.75) is 39.2 Å². The zero-order valence-electron chi connectivity index (χ0n) is 29.1. The fraction of sp³-hybridized carbons (Fsp3) is 0.405. The van der Waals surface area contributed by atoms with Gasteiger partial charge in [-0.3, -0.25) is 14.4 Å². The van der Waals surface area contributed by atoms with Crippen LogP contribution in [-0.4, -0.2) is 91.6 Å². The molecule has 3 amide bonds. The molecule has 0 aliphatic carbocycles. The highest BCUT2D eigenvalue weighted by atomic mass is 16.5. The van der Waals surface area contributed by atoms with Crippen LogP contribution in [0.15, 0.2) is 48.5 Å². The summed E-state index contributed by atoms with van der Waals surface area (Å²) in [6.45, 7) is 6.13. The van der Waals surface area contributed by atoms with Crippen molar-refractivity contribution in [3.05, 3.63) is 65.5 Å². The minimum absolute atomic E-state index is 0.220. The molecule has 0 unspecified atom stereocenters. The lowest BCUT2D eigenvalue weighted by Crippen LogP contribution is -2.47. The summed E-state index contributed by atoms with van der Waals surface area (Å²) < 4.78 is 14.0. The van der Waals surface area contributed by atoms with E-state index in [4.69, 9.17) is 20.2 Å². The van der Waals surface area contributed by atoms with E-state index in [1.54, 1.807) is 13.1 Å². The second kappa shape index (κ2) is 16.0. The number of likely N-dealkylation sites (N-methyl/N-ethyl adjacent to an activating group) is 1. The fourth-order valence-electron chi connectivity index (χ4n) is 6.31. The standard InChI is InChI=1S/C37H47N7O5/c1-25-13-16-29(31(22-25)49-21-8-6-7-12-33(46)44-19-17-41(2)18-20-44)43(4)37(47)28-15-14-27(36(48-5)35(28)39-24-45)26-10-9-11-30-34(26)40-32(23-38)42(30)3/h9-11,13-16,22,24H,6-8,12,17-21,23,38H2,1-5H3,(H,39,45). The molecule has 5 rings (SSSR count). The summed E-state index contributed by atoms with van der Waals surface area (Å²) >= 11 is 0. The Balaban J connectivity index is 1.32. The van der Waals surface area contributed by atoms with Crippen molar-refractivity contribution in [1.29, 1.82) is 0 Å². The van der Waals surface area contributed by atoms with Crippen molar-refractivity contribution in [1.82, 2.24) is 19.4 Å². The second-order valence-electron chi connectivity index (χ2n) is 12.5. The molecular weight excluding hydrogens is 622 g/mol. The van der Waals surface area contributed by atoms with Crippen LogP contribution in [0.5, 0.6) is 11.5 Å². The molecule has 1 aliphatic rings. The number of para-hydroxylation sites is 1. The molecule has 260 valence electrons. The molecule has 0 atom stereocenters. The molecule has 3 N–H and O–H groups in total. The molecule has 1 aromatic heterocycles. The first-order valence-electron chi connectivity index (χ1n) is 16.7. The number of fused-ring (bicyclic) bond motifs is 1. The first kappa shape index (κ1) is 35.4. The second-order valence-corrected chi connectivity index (χ2v) is 12.5. The molecule has 3 aromatic carbocycles. The lowest BCUT2D eigenvalue weighted by atomic mass is 9.98. The third-order valence-electron chi connectivity index (χ3n) is 9.20. The van der Waals surface area contributed by atoms with Crippen molar-refractivity contribution in [2.24, 2.45) is 12.8 Å². The maximum Gasteiger partial charge on any atom is 0.260 e. The number of rotatable bonds is 14. The number of hydrogen-bond donors (Lipinski definition) is 2. The molecule has 1 saturated heterocycles. The molecule has 49 heavy (non-hydrogen) atoms. The van der Waals surface area contributed by atoms with Crippen LogP contribution in [0.1, 0.15) is 47.4 Å². The van der Waals surface area contributed by atoms with E-state index in [2.05, 4.69) is 17.3 Å². The van der Waals surface area contributed by atoms with Gasteiger partial charge in [0.15, 0.2) is 5.75 Å². The summed E-state index contributed by atoms with van der Waals surface area (Å²) in [6.07, 6.45) is 3.53. The SMILES string of the molecule is COc1c(-c2cccc3c2nc(CN)n3C)ccc(C(=O)N(C)c2ccc(C)cc2OCCCCCC(=O)N2CCN(C)CC2)c1NC=O. The molecule has 12 heteroatoms. The molecule has 12 nitrogen and oxygen atoms in total. The molecule has 0 saturated carbocycles. The summed E-state index contributed by atoms with van der Waals surface area (Å²) in [5.74, 6) is 1.51. The van der Waals surface area contributed by atoms with Crippen molar-refractivity contribution < 1.29 is 23.9 Å². The Bertz CT molecular complexity index is 1810. The summed E-state index contributed by atoms with van der Waals surface area (Å²) in [4.78, 5) is 49.0. The number of nitrogens with zero attached hydrogens (tertiary/aromatic N) is 5. The number of carbonyl (C=O) groups is 3. The van der Waals surface area contributed by atoms with Crippen LogP contribution in [0, 0.1) is 6.92 Å². The molecule has 0 radical (unpaired) electrons. The number of carbonyl (C=O) groups excluding carboxylic acids is 3. The number of aryl methyl sites for hydroxylation is 2. The van der Waals surface area contributed by atoms with E-state index >= 15 is 0 Å². The van der Waals surface area contributed by atoms with Gasteiger partial charge in [0.1, 0.15) is 11.6 Å². The van der Waals surface area contributed by atoms with Gasteiger partial charge in [0.05, 0.1) is 48.2 Å². The summed E-state index contributed by atoms with van der Waals surface area (Å²) in [6, 6.07) is 15.0. The van der Waals surface area contributed by atoms with Crippen LogP contribution in [-0.2, 0) is 23.2 Å². The largest absolute Gasteiger partial charge is 0.494 e. The average molecular weight is 670 g/mol. The van der Waals surface area contributed by atoms with E-state index in [1.165, 1.54) is 12.0 Å². The molecule has 1 fully saturated rings. The van der Waals surface area contributed by atoms with Crippen LogP contribution in [0.2, 0.25) is 0 Å². The highest BCUT2D eigenvalue weighted by molar-refractivity contribution is 6.13. The number of nitrogens with one attached hydrogen (secondary N) is 1. The predicted octanol–water partition coefficient (Wildman–Crippen LogP) is 4.57. The molecule has 0 bridgehead atoms. The Morgan fingerprint density at radius 3 is 2.51 bits per heavy atom. The summed E-state index contributed by atoms with van der Waals surface area (Å²) in [5, 5.41) is 2.72. The monoisotopic (exact) mass is 669 g/mol. The minimum atomic E-state index is -0.355. The van der Waals surface area contributed by atoms with Crippen molar-refractivity contribution in [3.63, 3.8) is 0 Å². The number of amides is 3. The topological polar surface area (TPSA) is 135 Å². The number of unbranched alkanes of at least 4 members (excludes halogenated alkanes) is 2. The normalized spacial score (nSPS) is 13.4. The number of methoxy groups -OCH3 is 1. The Morgan fingerprint density at radius 2 is 1.80 bits per heavy atom. The smallest absolute Gasteiger partial charge is 0.260 e. The number of ether oxygens (including phenoxy) is 2. The highest BCUT2D eigenvalue weighted by Gasteiger charge is 2.26. The third kappa shape index (κ3) is 7.71. The number of imidazole rings is 1. The first-order chi connectivity index (χ1) is 23.7. The van der Waals surface area contributed by atoms with E-state index < -0.39 is 0 Å². The van der Waals surface area contributed by atoms with Crippen LogP contribution in [0.4, 0.5) is 11.4 Å². The van der Waals surface area contributed by atoms with Crippen LogP contribution in [0.25, 0.3) is 22.2 Å². The number of anilines is 2. The Labute approximate surface area is 287 Å². The Kier molecular flexibility index (Phi) is 11.5. The zero-order chi connectivity index (χ0) is 35.1. The van der Waals surface area contributed by atoms with E-state index in [-0.39, 0.29) is 29.6 Å². The summed E-state index contributed by atoms with van der Waals surface area (Å²) in [5.41, 5.74) is 11.1. The van der Waals surface area contributed by atoms with Gasteiger partial charge < -0.3 is 39.8 Å². The molecule has 2 heterocycles. The molecule has 0 spiro atoms. The average Bonchev–Trinajstić information content (AvgIpc) is 3.44. The summed E-state index contributed by atoms with van der Waals surface area (Å²) in [7, 11) is 7.18. The number of nitrogens with two attached hydrogens (primary N) is 1. The lowest BCUT2D eigenvalue weighted by Gasteiger charge is -2.32. The van der Waals surface area contributed by atoms with Gasteiger partial charge in [-0.25, -0.2) is 4.98 Å². The van der Waals surface area contributed by atoms with Gasteiger partial charge in [0, 0.05) is 57.8 Å². The Morgan fingerprint density at radius 1 is 1.02 bits per heavy atom. The zero-order valence-corrected chi connectivity index (χ0v) is 29.1. The first-order valence-corrected chi connectivity index (χ1v) is 16.7. The van der Waals surface area contributed by atoms with Gasteiger partial charge in [-0.2, -0.15) is 0 Å². The predicted molar refractivity (Wildman–Crippen MR) is 192 cm³/mol. The van der Waals surface area contributed by atoms with Crippen LogP contribution in [0.3, 0.4) is 0 Å². The molecular formula is C37H47N7O5. The van der Waals surface area contributed by atoms with Crippen LogP contribution < -0.4 is 25.4 Å². The van der Waals surface area contributed by atoms with Gasteiger partial charge in [0.2, 0.25) is 12.3 Å². The third-order valence-corrected chi connectivity index (χ3v) is 9.20. The quantitative estimate of drug-likeness (QED) is 0.147. The van der Waals surface area contributed by atoms with Crippen molar-refractivity contribution in [3.8, 4) is 22.6 Å². The lowest BCUT2D eigenvalue weighted by molar-refractivity contribution is -0.132. The van der Waals surface area contributed by atoms with E-state index in [1.807, 2.05) is 65.9 Å².